The van der Waals surface area contributed by atoms with Crippen molar-refractivity contribution in [3.05, 3.63) is 18.0 Å². The van der Waals surface area contributed by atoms with E-state index in [2.05, 4.69) is 25.9 Å². The van der Waals surface area contributed by atoms with Crippen molar-refractivity contribution in [3.8, 4) is 0 Å². The topological polar surface area (TPSA) is 38.0 Å². The zero-order valence-electron chi connectivity index (χ0n) is 12.8. The summed E-state index contributed by atoms with van der Waals surface area (Å²) in [5, 5.41) is 14.6. The molecule has 0 aromatic carbocycles. The monoisotopic (exact) mass is 264 g/mol. The van der Waals surface area contributed by atoms with Gasteiger partial charge in [0.15, 0.2) is 0 Å². The van der Waals surface area contributed by atoms with Crippen LogP contribution in [0.3, 0.4) is 0 Å². The van der Waals surface area contributed by atoms with Gasteiger partial charge in [-0.05, 0) is 48.5 Å². The lowest BCUT2D eigenvalue weighted by atomic mass is 9.68. The first kappa shape index (κ1) is 14.6. The summed E-state index contributed by atoms with van der Waals surface area (Å²) < 4.78 is 1.80. The third-order valence-corrected chi connectivity index (χ3v) is 4.74. The van der Waals surface area contributed by atoms with Crippen LogP contribution in [0.5, 0.6) is 0 Å². The normalized spacial score (nSPS) is 26.4. The van der Waals surface area contributed by atoms with Crippen LogP contribution in [0.1, 0.15) is 52.0 Å². The van der Waals surface area contributed by atoms with E-state index < -0.39 is 0 Å². The van der Waals surface area contributed by atoms with Gasteiger partial charge in [-0.25, -0.2) is 0 Å². The lowest BCUT2D eigenvalue weighted by Crippen LogP contribution is -2.31. The van der Waals surface area contributed by atoms with Crippen molar-refractivity contribution in [3.63, 3.8) is 0 Å². The Balaban J connectivity index is 1.84. The van der Waals surface area contributed by atoms with Crippen molar-refractivity contribution in [1.29, 1.82) is 0 Å². The van der Waals surface area contributed by atoms with Crippen LogP contribution >= 0.6 is 0 Å². The van der Waals surface area contributed by atoms with Crippen molar-refractivity contribution in [1.82, 2.24) is 9.78 Å². The van der Waals surface area contributed by atoms with Crippen LogP contribution in [0.4, 0.5) is 0 Å². The fourth-order valence-electron chi connectivity index (χ4n) is 3.36. The molecule has 1 aromatic rings. The number of rotatable bonds is 3. The summed E-state index contributed by atoms with van der Waals surface area (Å²) in [6, 6.07) is 0. The molecular weight excluding hydrogens is 236 g/mol. The van der Waals surface area contributed by atoms with Crippen LogP contribution in [-0.4, -0.2) is 21.0 Å². The highest BCUT2D eigenvalue weighted by molar-refractivity contribution is 5.05. The minimum absolute atomic E-state index is 0.204. The van der Waals surface area contributed by atoms with Gasteiger partial charge in [0.05, 0.1) is 12.3 Å². The molecule has 3 heteroatoms. The van der Waals surface area contributed by atoms with Gasteiger partial charge in [-0.3, -0.25) is 4.68 Å². The Labute approximate surface area is 117 Å². The largest absolute Gasteiger partial charge is 0.392 e. The third-order valence-electron chi connectivity index (χ3n) is 4.74. The van der Waals surface area contributed by atoms with Gasteiger partial charge >= 0.3 is 0 Å². The zero-order chi connectivity index (χ0) is 14.0. The van der Waals surface area contributed by atoms with Crippen molar-refractivity contribution >= 4 is 0 Å². The van der Waals surface area contributed by atoms with E-state index in [4.69, 9.17) is 0 Å². The van der Waals surface area contributed by atoms with E-state index in [1.807, 2.05) is 19.4 Å². The molecule has 1 fully saturated rings. The highest BCUT2D eigenvalue weighted by Gasteiger charge is 2.32. The molecular formula is C16H28N2O. The Bertz CT molecular complexity index is 397. The van der Waals surface area contributed by atoms with Gasteiger partial charge in [-0.2, -0.15) is 5.10 Å². The molecule has 1 aliphatic rings. The molecule has 108 valence electrons. The Morgan fingerprint density at radius 1 is 1.32 bits per heavy atom. The molecule has 0 radical (unpaired) electrons. The highest BCUT2D eigenvalue weighted by Crippen LogP contribution is 2.40. The number of aromatic nitrogens is 2. The maximum absolute atomic E-state index is 10.4. The second kappa shape index (κ2) is 5.66. The maximum Gasteiger partial charge on any atom is 0.0609 e. The van der Waals surface area contributed by atoms with Crippen molar-refractivity contribution in [2.24, 2.45) is 24.3 Å². The average Bonchev–Trinajstić information content (AvgIpc) is 2.74. The van der Waals surface area contributed by atoms with Gasteiger partial charge < -0.3 is 5.11 Å². The smallest absolute Gasteiger partial charge is 0.0609 e. The standard InChI is InChI=1S/C16H28N2O/c1-16(2,3)14-7-5-13(6-8-14)15(19)9-12-10-17-18(4)11-12/h10-11,13-15,19H,5-9H2,1-4H3. The summed E-state index contributed by atoms with van der Waals surface area (Å²) in [6.07, 6.45) is 9.28. The maximum atomic E-state index is 10.4. The average molecular weight is 264 g/mol. The molecule has 3 nitrogen and oxygen atoms in total. The zero-order valence-corrected chi connectivity index (χ0v) is 12.8. The lowest BCUT2D eigenvalue weighted by Gasteiger charge is -2.38. The highest BCUT2D eigenvalue weighted by atomic mass is 16.3. The van der Waals surface area contributed by atoms with E-state index in [9.17, 15) is 5.11 Å². The lowest BCUT2D eigenvalue weighted by molar-refractivity contribution is 0.0537. The number of aliphatic hydroxyl groups is 1. The second-order valence-corrected chi connectivity index (χ2v) is 7.27. The summed E-state index contributed by atoms with van der Waals surface area (Å²) in [5.41, 5.74) is 1.56. The van der Waals surface area contributed by atoms with Crippen LogP contribution in [0.2, 0.25) is 0 Å². The van der Waals surface area contributed by atoms with E-state index in [-0.39, 0.29) is 6.10 Å². The molecule has 0 saturated heterocycles. The predicted octanol–water partition coefficient (Wildman–Crippen LogP) is 3.18. The Kier molecular flexibility index (Phi) is 4.34. The molecule has 0 amide bonds. The van der Waals surface area contributed by atoms with E-state index in [1.165, 1.54) is 25.7 Å². The molecule has 1 heterocycles. The molecule has 19 heavy (non-hydrogen) atoms. The van der Waals surface area contributed by atoms with Crippen LogP contribution in [-0.2, 0) is 13.5 Å². The van der Waals surface area contributed by atoms with Gasteiger partial charge in [0, 0.05) is 19.7 Å². The van der Waals surface area contributed by atoms with Crippen LogP contribution in [0.25, 0.3) is 0 Å². The van der Waals surface area contributed by atoms with E-state index >= 15 is 0 Å². The Hall–Kier alpha value is -0.830. The molecule has 1 saturated carbocycles. The van der Waals surface area contributed by atoms with Gasteiger partial charge in [0.2, 0.25) is 0 Å². The SMILES string of the molecule is Cn1cc(CC(O)C2CCC(C(C)(C)C)CC2)cn1. The number of hydrogen-bond donors (Lipinski definition) is 1. The second-order valence-electron chi connectivity index (χ2n) is 7.27. The molecule has 1 unspecified atom stereocenters. The predicted molar refractivity (Wildman–Crippen MR) is 77.8 cm³/mol. The van der Waals surface area contributed by atoms with Crippen LogP contribution in [0, 0.1) is 17.3 Å². The Morgan fingerprint density at radius 3 is 2.42 bits per heavy atom. The molecule has 0 spiro atoms. The fraction of sp³-hybridized carbons (Fsp3) is 0.812. The molecule has 2 rings (SSSR count). The van der Waals surface area contributed by atoms with Crippen molar-refractivity contribution in [2.45, 2.75) is 59.0 Å². The van der Waals surface area contributed by atoms with Gasteiger partial charge in [0.1, 0.15) is 0 Å². The van der Waals surface area contributed by atoms with Gasteiger partial charge in [0.25, 0.3) is 0 Å². The molecule has 1 atom stereocenters. The number of nitrogens with zero attached hydrogens (tertiary/aromatic N) is 2. The summed E-state index contributed by atoms with van der Waals surface area (Å²) in [7, 11) is 1.92. The fourth-order valence-corrected chi connectivity index (χ4v) is 3.36. The van der Waals surface area contributed by atoms with E-state index in [0.717, 1.165) is 17.9 Å². The molecule has 0 bridgehead atoms. The molecule has 0 aliphatic heterocycles. The summed E-state index contributed by atoms with van der Waals surface area (Å²) in [4.78, 5) is 0. The molecule has 1 N–H and O–H groups in total. The van der Waals surface area contributed by atoms with Crippen molar-refractivity contribution in [2.75, 3.05) is 0 Å². The number of aliphatic hydroxyl groups excluding tert-OH is 1. The summed E-state index contributed by atoms with van der Waals surface area (Å²) >= 11 is 0. The first-order valence-electron chi connectivity index (χ1n) is 7.52. The third kappa shape index (κ3) is 3.82. The summed E-state index contributed by atoms with van der Waals surface area (Å²) in [5.74, 6) is 1.29. The quantitative estimate of drug-likeness (QED) is 0.910. The minimum Gasteiger partial charge on any atom is -0.392 e. The molecule has 1 aliphatic carbocycles. The van der Waals surface area contributed by atoms with Crippen LogP contribution < -0.4 is 0 Å². The van der Waals surface area contributed by atoms with E-state index in [0.29, 0.717) is 11.3 Å². The first-order chi connectivity index (χ1) is 8.86. The minimum atomic E-state index is -0.204. The van der Waals surface area contributed by atoms with Gasteiger partial charge in [-0.1, -0.05) is 20.8 Å². The van der Waals surface area contributed by atoms with E-state index in [1.54, 1.807) is 4.68 Å². The Morgan fingerprint density at radius 2 is 1.95 bits per heavy atom. The first-order valence-corrected chi connectivity index (χ1v) is 7.52. The van der Waals surface area contributed by atoms with Crippen LogP contribution in [0.15, 0.2) is 12.4 Å². The van der Waals surface area contributed by atoms with Crippen molar-refractivity contribution < 1.29 is 5.11 Å². The number of hydrogen-bond acceptors (Lipinski definition) is 2. The van der Waals surface area contributed by atoms with Gasteiger partial charge in [-0.15, -0.1) is 0 Å². The summed E-state index contributed by atoms with van der Waals surface area (Å²) in [6.45, 7) is 7.01. The molecule has 1 aromatic heterocycles. The number of aryl methyl sites for hydroxylation is 1.